The molecule has 1 heterocycles. The van der Waals surface area contributed by atoms with Gasteiger partial charge in [0.1, 0.15) is 0 Å². The average Bonchev–Trinajstić information content (AvgIpc) is 2.29. The summed E-state index contributed by atoms with van der Waals surface area (Å²) in [5.41, 5.74) is 1.33. The minimum Gasteiger partial charge on any atom is -0.313 e. The largest absolute Gasteiger partial charge is 0.313 e. The van der Waals surface area contributed by atoms with Crippen molar-refractivity contribution in [3.05, 3.63) is 12.2 Å². The van der Waals surface area contributed by atoms with Gasteiger partial charge in [0, 0.05) is 37.2 Å². The molecule has 1 rings (SSSR count). The van der Waals surface area contributed by atoms with Crippen molar-refractivity contribution < 1.29 is 0 Å². The molecule has 0 aromatic carbocycles. The van der Waals surface area contributed by atoms with Gasteiger partial charge >= 0.3 is 0 Å². The maximum absolute atomic E-state index is 4.16. The van der Waals surface area contributed by atoms with Crippen LogP contribution in [0.15, 0.2) is 12.2 Å². The van der Waals surface area contributed by atoms with Crippen molar-refractivity contribution >= 4 is 11.8 Å². The van der Waals surface area contributed by atoms with E-state index < -0.39 is 0 Å². The van der Waals surface area contributed by atoms with Gasteiger partial charge < -0.3 is 5.32 Å². The molecule has 0 saturated carbocycles. The SMILES string of the molecule is C=C(CNCCC)CN1CCSC(CC)C1. The number of hydrogen-bond donors (Lipinski definition) is 1. The second kappa shape index (κ2) is 8.15. The van der Waals surface area contributed by atoms with Gasteiger partial charge in [-0.05, 0) is 25.0 Å². The Balaban J connectivity index is 2.17. The fraction of sp³-hybridized carbons (Fsp3) is 0.846. The van der Waals surface area contributed by atoms with Gasteiger partial charge in [0.2, 0.25) is 0 Å². The summed E-state index contributed by atoms with van der Waals surface area (Å²) in [6.45, 7) is 14.3. The van der Waals surface area contributed by atoms with Crippen LogP contribution in [0.2, 0.25) is 0 Å². The fourth-order valence-corrected chi connectivity index (χ4v) is 3.23. The molecular formula is C13H26N2S. The van der Waals surface area contributed by atoms with Crippen LogP contribution < -0.4 is 5.32 Å². The Kier molecular flexibility index (Phi) is 7.17. The van der Waals surface area contributed by atoms with Gasteiger partial charge in [0.15, 0.2) is 0 Å². The van der Waals surface area contributed by atoms with Gasteiger partial charge in [-0.15, -0.1) is 0 Å². The van der Waals surface area contributed by atoms with E-state index >= 15 is 0 Å². The third-order valence-electron chi connectivity index (χ3n) is 2.93. The maximum Gasteiger partial charge on any atom is 0.0203 e. The first-order valence-corrected chi connectivity index (χ1v) is 7.52. The molecule has 1 unspecified atom stereocenters. The molecule has 94 valence electrons. The molecule has 0 aromatic rings. The fourth-order valence-electron chi connectivity index (χ4n) is 1.99. The van der Waals surface area contributed by atoms with Crippen LogP contribution in [0.3, 0.4) is 0 Å². The molecule has 1 aliphatic rings. The van der Waals surface area contributed by atoms with Gasteiger partial charge in [-0.1, -0.05) is 20.4 Å². The molecule has 3 heteroatoms. The molecule has 0 bridgehead atoms. The number of nitrogens with zero attached hydrogens (tertiary/aromatic N) is 1. The van der Waals surface area contributed by atoms with Crippen LogP contribution in [-0.4, -0.2) is 48.6 Å². The molecule has 1 fully saturated rings. The van der Waals surface area contributed by atoms with Gasteiger partial charge in [0.25, 0.3) is 0 Å². The van der Waals surface area contributed by atoms with E-state index in [4.69, 9.17) is 0 Å². The van der Waals surface area contributed by atoms with E-state index in [1.54, 1.807) is 0 Å². The Morgan fingerprint density at radius 3 is 3.00 bits per heavy atom. The first-order chi connectivity index (χ1) is 7.76. The summed E-state index contributed by atoms with van der Waals surface area (Å²) < 4.78 is 0. The van der Waals surface area contributed by atoms with E-state index in [2.05, 4.69) is 42.4 Å². The van der Waals surface area contributed by atoms with E-state index in [1.165, 1.54) is 37.3 Å². The number of thioether (sulfide) groups is 1. The predicted molar refractivity (Wildman–Crippen MR) is 75.3 cm³/mol. The first-order valence-electron chi connectivity index (χ1n) is 6.47. The van der Waals surface area contributed by atoms with Crippen LogP contribution >= 0.6 is 11.8 Å². The molecule has 0 radical (unpaired) electrons. The van der Waals surface area contributed by atoms with Crippen molar-refractivity contribution in [1.29, 1.82) is 0 Å². The Bertz CT molecular complexity index is 206. The zero-order chi connectivity index (χ0) is 11.8. The standard InChI is InChI=1S/C13H26N2S/c1-4-6-14-9-12(3)10-15-7-8-16-13(5-2)11-15/h13-14H,3-11H2,1-2H3. The topological polar surface area (TPSA) is 15.3 Å². The van der Waals surface area contributed by atoms with Gasteiger partial charge in [-0.25, -0.2) is 0 Å². The van der Waals surface area contributed by atoms with Crippen molar-refractivity contribution in [2.24, 2.45) is 0 Å². The predicted octanol–water partition coefficient (Wildman–Crippen LogP) is 2.37. The van der Waals surface area contributed by atoms with Crippen molar-refractivity contribution in [1.82, 2.24) is 10.2 Å². The molecule has 1 N–H and O–H groups in total. The lowest BCUT2D eigenvalue weighted by Crippen LogP contribution is -2.39. The molecule has 0 aliphatic carbocycles. The van der Waals surface area contributed by atoms with Crippen LogP contribution in [0, 0.1) is 0 Å². The molecular weight excluding hydrogens is 216 g/mol. The molecule has 2 nitrogen and oxygen atoms in total. The Hall–Kier alpha value is 0.0100. The highest BCUT2D eigenvalue weighted by Crippen LogP contribution is 2.21. The quantitative estimate of drug-likeness (QED) is 0.545. The normalized spacial score (nSPS) is 22.2. The second-order valence-corrected chi connectivity index (χ2v) is 5.97. The van der Waals surface area contributed by atoms with Crippen LogP contribution in [0.5, 0.6) is 0 Å². The molecule has 1 atom stereocenters. The minimum absolute atomic E-state index is 0.838. The summed E-state index contributed by atoms with van der Waals surface area (Å²) in [4.78, 5) is 2.56. The summed E-state index contributed by atoms with van der Waals surface area (Å²) in [5.74, 6) is 1.29. The third kappa shape index (κ3) is 5.37. The van der Waals surface area contributed by atoms with Crippen LogP contribution in [0.4, 0.5) is 0 Å². The van der Waals surface area contributed by atoms with Crippen molar-refractivity contribution in [3.63, 3.8) is 0 Å². The van der Waals surface area contributed by atoms with E-state index in [9.17, 15) is 0 Å². The maximum atomic E-state index is 4.16. The van der Waals surface area contributed by atoms with E-state index in [0.29, 0.717) is 0 Å². The van der Waals surface area contributed by atoms with Crippen molar-refractivity contribution in [2.45, 2.75) is 31.9 Å². The van der Waals surface area contributed by atoms with Crippen LogP contribution in [-0.2, 0) is 0 Å². The molecule has 0 aromatic heterocycles. The highest BCUT2D eigenvalue weighted by atomic mass is 32.2. The summed E-state index contributed by atoms with van der Waals surface area (Å²) >= 11 is 2.13. The Labute approximate surface area is 105 Å². The lowest BCUT2D eigenvalue weighted by molar-refractivity contribution is 0.302. The second-order valence-electron chi connectivity index (χ2n) is 4.56. The highest BCUT2D eigenvalue weighted by molar-refractivity contribution is 8.00. The molecule has 16 heavy (non-hydrogen) atoms. The summed E-state index contributed by atoms with van der Waals surface area (Å²) in [6.07, 6.45) is 2.49. The van der Waals surface area contributed by atoms with E-state index in [1.807, 2.05) is 0 Å². The Morgan fingerprint density at radius 2 is 2.31 bits per heavy atom. The Morgan fingerprint density at radius 1 is 1.50 bits per heavy atom. The zero-order valence-corrected chi connectivity index (χ0v) is 11.6. The molecule has 1 saturated heterocycles. The van der Waals surface area contributed by atoms with Crippen LogP contribution in [0.1, 0.15) is 26.7 Å². The van der Waals surface area contributed by atoms with E-state index in [0.717, 1.165) is 24.9 Å². The number of hydrogen-bond acceptors (Lipinski definition) is 3. The first kappa shape index (κ1) is 14.1. The summed E-state index contributed by atoms with van der Waals surface area (Å²) in [5, 5.41) is 4.26. The lowest BCUT2D eigenvalue weighted by atomic mass is 10.2. The van der Waals surface area contributed by atoms with E-state index in [-0.39, 0.29) is 0 Å². The number of nitrogens with one attached hydrogen (secondary N) is 1. The number of rotatable bonds is 7. The molecule has 1 aliphatic heterocycles. The zero-order valence-electron chi connectivity index (χ0n) is 10.8. The third-order valence-corrected chi connectivity index (χ3v) is 4.30. The minimum atomic E-state index is 0.838. The summed E-state index contributed by atoms with van der Waals surface area (Å²) in [6, 6.07) is 0. The van der Waals surface area contributed by atoms with Crippen LogP contribution in [0.25, 0.3) is 0 Å². The van der Waals surface area contributed by atoms with Gasteiger partial charge in [0.05, 0.1) is 0 Å². The smallest absolute Gasteiger partial charge is 0.0203 e. The van der Waals surface area contributed by atoms with Crippen molar-refractivity contribution in [3.8, 4) is 0 Å². The summed E-state index contributed by atoms with van der Waals surface area (Å²) in [7, 11) is 0. The van der Waals surface area contributed by atoms with Crippen molar-refractivity contribution in [2.75, 3.05) is 38.5 Å². The highest BCUT2D eigenvalue weighted by Gasteiger charge is 2.18. The molecule has 0 amide bonds. The monoisotopic (exact) mass is 242 g/mol. The molecule has 0 spiro atoms. The van der Waals surface area contributed by atoms with Gasteiger partial charge in [-0.2, -0.15) is 11.8 Å². The average molecular weight is 242 g/mol. The van der Waals surface area contributed by atoms with Gasteiger partial charge in [-0.3, -0.25) is 4.90 Å². The lowest BCUT2D eigenvalue weighted by Gasteiger charge is -2.32.